The Bertz CT molecular complexity index is 268. The molecule has 0 spiro atoms. The Labute approximate surface area is 103 Å². The third-order valence-corrected chi connectivity index (χ3v) is 3.37. The fourth-order valence-electron chi connectivity index (χ4n) is 1.66. The lowest BCUT2D eigenvalue weighted by atomic mass is 9.85. The highest BCUT2D eigenvalue weighted by molar-refractivity contribution is 5.81. The molecule has 0 aliphatic carbocycles. The van der Waals surface area contributed by atoms with Gasteiger partial charge >= 0.3 is 5.97 Å². The maximum absolute atomic E-state index is 11.0. The first-order valence-corrected chi connectivity index (χ1v) is 6.00. The van der Waals surface area contributed by atoms with Crippen molar-refractivity contribution in [2.75, 3.05) is 0 Å². The third kappa shape index (κ3) is 6.38. The third-order valence-electron chi connectivity index (χ3n) is 3.37. The minimum Gasteiger partial charge on any atom is -0.480 e. The van der Waals surface area contributed by atoms with Crippen LogP contribution in [0.25, 0.3) is 0 Å². The molecule has 0 saturated heterocycles. The first kappa shape index (κ1) is 16.1. The molecule has 4 unspecified atom stereocenters. The van der Waals surface area contributed by atoms with Crippen LogP contribution < -0.4 is 11.5 Å². The Morgan fingerprint density at radius 3 is 2.00 bits per heavy atom. The number of ketones is 1. The molecular weight excluding hydrogens is 220 g/mol. The smallest absolute Gasteiger partial charge is 0.320 e. The SMILES string of the molecule is CC(=O)C(N)CCC(C)C(C)CC(N)C(=O)O. The van der Waals surface area contributed by atoms with Gasteiger partial charge in [0.25, 0.3) is 0 Å². The molecule has 0 aromatic carbocycles. The van der Waals surface area contributed by atoms with E-state index in [0.29, 0.717) is 18.8 Å². The summed E-state index contributed by atoms with van der Waals surface area (Å²) in [6.07, 6.45) is 1.91. The minimum atomic E-state index is -0.968. The zero-order valence-electron chi connectivity index (χ0n) is 10.8. The molecule has 4 atom stereocenters. The van der Waals surface area contributed by atoms with Gasteiger partial charge in [0.15, 0.2) is 0 Å². The number of carbonyl (C=O) groups is 2. The van der Waals surface area contributed by atoms with Crippen LogP contribution in [0.5, 0.6) is 0 Å². The van der Waals surface area contributed by atoms with Gasteiger partial charge in [-0.2, -0.15) is 0 Å². The highest BCUT2D eigenvalue weighted by Crippen LogP contribution is 2.21. The maximum Gasteiger partial charge on any atom is 0.320 e. The van der Waals surface area contributed by atoms with Crippen molar-refractivity contribution in [1.82, 2.24) is 0 Å². The number of Topliss-reactive ketones (excluding diaryl/α,β-unsaturated/α-hetero) is 1. The summed E-state index contributed by atoms with van der Waals surface area (Å²) in [6, 6.07) is -1.22. The number of carbonyl (C=O) groups excluding carboxylic acids is 1. The van der Waals surface area contributed by atoms with Crippen LogP contribution in [0.2, 0.25) is 0 Å². The Kier molecular flexibility index (Phi) is 6.99. The quantitative estimate of drug-likeness (QED) is 0.584. The van der Waals surface area contributed by atoms with Crippen molar-refractivity contribution < 1.29 is 14.7 Å². The van der Waals surface area contributed by atoms with Gasteiger partial charge in [0, 0.05) is 0 Å². The fraction of sp³-hybridized carbons (Fsp3) is 0.833. The number of carboxylic acid groups (broad SMARTS) is 1. The van der Waals surface area contributed by atoms with Gasteiger partial charge < -0.3 is 16.6 Å². The normalized spacial score (nSPS) is 18.2. The molecule has 0 fully saturated rings. The second-order valence-electron chi connectivity index (χ2n) is 4.93. The molecule has 0 rings (SSSR count). The van der Waals surface area contributed by atoms with E-state index >= 15 is 0 Å². The summed E-state index contributed by atoms with van der Waals surface area (Å²) in [6.45, 7) is 5.50. The van der Waals surface area contributed by atoms with Gasteiger partial charge in [-0.05, 0) is 38.0 Å². The predicted octanol–water partition coefficient (Wildman–Crippen LogP) is 0.757. The zero-order chi connectivity index (χ0) is 13.6. The molecule has 0 aromatic rings. The van der Waals surface area contributed by atoms with Crippen LogP contribution in [-0.4, -0.2) is 28.9 Å². The first-order valence-electron chi connectivity index (χ1n) is 6.00. The summed E-state index contributed by atoms with van der Waals surface area (Å²) < 4.78 is 0. The van der Waals surface area contributed by atoms with E-state index in [1.165, 1.54) is 6.92 Å². The minimum absolute atomic E-state index is 0.00732. The Morgan fingerprint density at radius 1 is 1.06 bits per heavy atom. The molecule has 0 heterocycles. The summed E-state index contributed by atoms with van der Waals surface area (Å²) in [4.78, 5) is 21.6. The van der Waals surface area contributed by atoms with Crippen molar-refractivity contribution in [2.24, 2.45) is 23.3 Å². The van der Waals surface area contributed by atoms with E-state index in [-0.39, 0.29) is 11.7 Å². The molecular formula is C12H24N2O3. The molecule has 0 amide bonds. The Morgan fingerprint density at radius 2 is 1.59 bits per heavy atom. The molecule has 100 valence electrons. The first-order chi connectivity index (χ1) is 7.75. The van der Waals surface area contributed by atoms with Gasteiger partial charge in [0.05, 0.1) is 6.04 Å². The average Bonchev–Trinajstić information content (AvgIpc) is 2.24. The topological polar surface area (TPSA) is 106 Å². The van der Waals surface area contributed by atoms with Crippen molar-refractivity contribution >= 4 is 11.8 Å². The maximum atomic E-state index is 11.0. The van der Waals surface area contributed by atoms with Crippen molar-refractivity contribution in [2.45, 2.75) is 52.1 Å². The van der Waals surface area contributed by atoms with Gasteiger partial charge in [-0.1, -0.05) is 13.8 Å². The van der Waals surface area contributed by atoms with Crippen molar-refractivity contribution in [1.29, 1.82) is 0 Å². The van der Waals surface area contributed by atoms with Crippen LogP contribution in [0.3, 0.4) is 0 Å². The standard InChI is InChI=1S/C12H24N2O3/c1-7(4-5-10(13)9(3)15)8(2)6-11(14)12(16)17/h7-8,10-11H,4-6,13-14H2,1-3H3,(H,16,17). The van der Waals surface area contributed by atoms with Crippen molar-refractivity contribution in [3.05, 3.63) is 0 Å². The molecule has 5 heteroatoms. The lowest BCUT2D eigenvalue weighted by molar-refractivity contribution is -0.139. The molecule has 0 bridgehead atoms. The molecule has 0 aromatic heterocycles. The average molecular weight is 244 g/mol. The number of nitrogens with two attached hydrogens (primary N) is 2. The van der Waals surface area contributed by atoms with E-state index in [9.17, 15) is 9.59 Å². The summed E-state index contributed by atoms with van der Waals surface area (Å²) in [7, 11) is 0. The lowest BCUT2D eigenvalue weighted by Crippen LogP contribution is -2.33. The number of carboxylic acids is 1. The van der Waals surface area contributed by atoms with Crippen LogP contribution in [0, 0.1) is 11.8 Å². The molecule has 5 N–H and O–H groups in total. The molecule has 5 nitrogen and oxygen atoms in total. The lowest BCUT2D eigenvalue weighted by Gasteiger charge is -2.22. The largest absolute Gasteiger partial charge is 0.480 e. The fourth-order valence-corrected chi connectivity index (χ4v) is 1.66. The van der Waals surface area contributed by atoms with Gasteiger partial charge in [0.1, 0.15) is 11.8 Å². The number of hydrogen-bond acceptors (Lipinski definition) is 4. The predicted molar refractivity (Wildman–Crippen MR) is 66.4 cm³/mol. The van der Waals surface area contributed by atoms with E-state index in [0.717, 1.165) is 6.42 Å². The number of hydrogen-bond donors (Lipinski definition) is 3. The van der Waals surface area contributed by atoms with E-state index in [4.69, 9.17) is 16.6 Å². The molecule has 17 heavy (non-hydrogen) atoms. The highest BCUT2D eigenvalue weighted by Gasteiger charge is 2.20. The molecule has 0 saturated carbocycles. The monoisotopic (exact) mass is 244 g/mol. The van der Waals surface area contributed by atoms with E-state index in [2.05, 4.69) is 0 Å². The Hall–Kier alpha value is -0.940. The van der Waals surface area contributed by atoms with Crippen molar-refractivity contribution in [3.8, 4) is 0 Å². The second kappa shape index (κ2) is 7.40. The summed E-state index contributed by atoms with van der Waals surface area (Å²) in [5.74, 6) is -0.456. The van der Waals surface area contributed by atoms with Gasteiger partial charge in [-0.15, -0.1) is 0 Å². The van der Waals surface area contributed by atoms with E-state index < -0.39 is 18.1 Å². The van der Waals surface area contributed by atoms with E-state index in [1.807, 2.05) is 13.8 Å². The summed E-state index contributed by atoms with van der Waals surface area (Å²) >= 11 is 0. The highest BCUT2D eigenvalue weighted by atomic mass is 16.4. The summed E-state index contributed by atoms with van der Waals surface area (Å²) in [5.41, 5.74) is 11.1. The second-order valence-corrected chi connectivity index (χ2v) is 4.93. The number of rotatable bonds is 8. The molecule has 0 aliphatic heterocycles. The summed E-state index contributed by atoms with van der Waals surface area (Å²) in [5, 5.41) is 8.71. The van der Waals surface area contributed by atoms with Crippen LogP contribution in [0.4, 0.5) is 0 Å². The zero-order valence-corrected chi connectivity index (χ0v) is 10.8. The molecule has 0 radical (unpaired) electrons. The number of aliphatic carboxylic acids is 1. The van der Waals surface area contributed by atoms with Crippen LogP contribution in [-0.2, 0) is 9.59 Å². The van der Waals surface area contributed by atoms with Crippen LogP contribution in [0.15, 0.2) is 0 Å². The van der Waals surface area contributed by atoms with Crippen molar-refractivity contribution in [3.63, 3.8) is 0 Å². The Balaban J connectivity index is 4.01. The molecule has 0 aliphatic rings. The van der Waals surface area contributed by atoms with Gasteiger partial charge in [0.2, 0.25) is 0 Å². The van der Waals surface area contributed by atoms with Crippen LogP contribution >= 0.6 is 0 Å². The van der Waals surface area contributed by atoms with Gasteiger partial charge in [-0.3, -0.25) is 9.59 Å². The van der Waals surface area contributed by atoms with Gasteiger partial charge in [-0.25, -0.2) is 0 Å². The van der Waals surface area contributed by atoms with E-state index in [1.54, 1.807) is 0 Å². The van der Waals surface area contributed by atoms with Crippen LogP contribution in [0.1, 0.15) is 40.0 Å².